The average molecular weight is 450 g/mol. The quantitative estimate of drug-likeness (QED) is 0.494. The van der Waals surface area contributed by atoms with Gasteiger partial charge in [-0.15, -0.1) is 10.2 Å². The van der Waals surface area contributed by atoms with Crippen molar-refractivity contribution in [3.8, 4) is 17.1 Å². The summed E-state index contributed by atoms with van der Waals surface area (Å²) in [4.78, 5) is 21.8. The van der Waals surface area contributed by atoms with Crippen molar-refractivity contribution in [2.45, 2.75) is 38.6 Å². The Morgan fingerprint density at radius 3 is 2.44 bits per heavy atom. The molecule has 1 atom stereocenters. The molecule has 0 saturated carbocycles. The van der Waals surface area contributed by atoms with Gasteiger partial charge in [-0.25, -0.2) is 0 Å². The van der Waals surface area contributed by atoms with E-state index >= 15 is 0 Å². The number of fused-ring (bicyclic) bond motifs is 3. The molecule has 1 aliphatic rings. The third-order valence-electron chi connectivity index (χ3n) is 5.57. The molecule has 0 fully saturated rings. The van der Waals surface area contributed by atoms with Gasteiger partial charge in [0, 0.05) is 36.3 Å². The van der Waals surface area contributed by atoms with Crippen LogP contribution in [0.25, 0.3) is 11.3 Å². The van der Waals surface area contributed by atoms with E-state index in [1.807, 2.05) is 49.6 Å². The number of aromatic nitrogens is 3. The van der Waals surface area contributed by atoms with Crippen molar-refractivity contribution in [2.75, 3.05) is 29.1 Å². The fraction of sp³-hybridized carbons (Fsp3) is 0.333. The molecule has 7 nitrogen and oxygen atoms in total. The van der Waals surface area contributed by atoms with Gasteiger partial charge >= 0.3 is 0 Å². The number of carbonyl (C=O) groups excluding carboxylic acids is 1. The number of ether oxygens (including phenoxy) is 1. The number of hydrogen-bond donors (Lipinski definition) is 0. The number of para-hydroxylation sites is 1. The lowest BCUT2D eigenvalue weighted by atomic mass is 10.1. The van der Waals surface area contributed by atoms with Crippen molar-refractivity contribution in [1.82, 2.24) is 15.2 Å². The van der Waals surface area contributed by atoms with Crippen molar-refractivity contribution < 1.29 is 9.53 Å². The van der Waals surface area contributed by atoms with Crippen LogP contribution in [0.15, 0.2) is 53.7 Å². The van der Waals surface area contributed by atoms with Crippen LogP contribution in [0.3, 0.4) is 0 Å². The van der Waals surface area contributed by atoms with E-state index in [4.69, 9.17) is 4.74 Å². The van der Waals surface area contributed by atoms with Crippen molar-refractivity contribution >= 4 is 29.0 Å². The maximum atomic E-state index is 13.2. The molecule has 2 aromatic carbocycles. The average Bonchev–Trinajstić information content (AvgIpc) is 2.99. The fourth-order valence-corrected chi connectivity index (χ4v) is 4.19. The topological polar surface area (TPSA) is 71.5 Å². The first kappa shape index (κ1) is 22.1. The molecule has 166 valence electrons. The molecule has 4 rings (SSSR count). The molecule has 0 saturated heterocycles. The Morgan fingerprint density at radius 1 is 1.06 bits per heavy atom. The van der Waals surface area contributed by atoms with Gasteiger partial charge in [0.05, 0.1) is 5.69 Å². The first-order valence-corrected chi connectivity index (χ1v) is 12.0. The first-order valence-electron chi connectivity index (χ1n) is 10.8. The van der Waals surface area contributed by atoms with Gasteiger partial charge in [0.15, 0.2) is 5.69 Å². The summed E-state index contributed by atoms with van der Waals surface area (Å²) < 4.78 is 6.42. The first-order chi connectivity index (χ1) is 15.6. The smallest absolute Gasteiger partial charge is 0.247 e. The monoisotopic (exact) mass is 449 g/mol. The maximum Gasteiger partial charge on any atom is 0.247 e. The van der Waals surface area contributed by atoms with Crippen molar-refractivity contribution in [3.05, 3.63) is 54.1 Å². The molecular weight excluding hydrogens is 422 g/mol. The van der Waals surface area contributed by atoms with Gasteiger partial charge in [0.2, 0.25) is 23.2 Å². The van der Waals surface area contributed by atoms with Gasteiger partial charge in [0.25, 0.3) is 0 Å². The van der Waals surface area contributed by atoms with Gasteiger partial charge in [-0.05, 0) is 38.3 Å². The van der Waals surface area contributed by atoms with Crippen LogP contribution < -0.4 is 14.5 Å². The molecule has 0 unspecified atom stereocenters. The molecule has 3 aromatic rings. The Balaban J connectivity index is 1.87. The molecule has 0 N–H and O–H groups in total. The second kappa shape index (κ2) is 9.56. The molecule has 32 heavy (non-hydrogen) atoms. The van der Waals surface area contributed by atoms with E-state index in [9.17, 15) is 4.79 Å². The molecule has 1 amide bonds. The fourth-order valence-electron chi connectivity index (χ4n) is 3.90. The highest BCUT2D eigenvalue weighted by molar-refractivity contribution is 7.98. The Morgan fingerprint density at radius 2 is 1.78 bits per heavy atom. The number of benzene rings is 2. The summed E-state index contributed by atoms with van der Waals surface area (Å²) in [6.07, 6.45) is 1.57. The number of rotatable bonds is 6. The lowest BCUT2D eigenvalue weighted by molar-refractivity contribution is -0.120. The van der Waals surface area contributed by atoms with Crippen molar-refractivity contribution in [2.24, 2.45) is 0 Å². The third-order valence-corrected chi connectivity index (χ3v) is 6.11. The Bertz CT molecular complexity index is 1100. The second-order valence-corrected chi connectivity index (χ2v) is 8.09. The largest absolute Gasteiger partial charge is 0.447 e. The zero-order valence-corrected chi connectivity index (χ0v) is 19.6. The normalized spacial score (nSPS) is 14.8. The van der Waals surface area contributed by atoms with Crippen LogP contribution in [0, 0.1) is 0 Å². The molecule has 0 aliphatic carbocycles. The molecule has 2 heterocycles. The van der Waals surface area contributed by atoms with Crippen molar-refractivity contribution in [1.29, 1.82) is 0 Å². The summed E-state index contributed by atoms with van der Waals surface area (Å²) >= 11 is 1.40. The minimum Gasteiger partial charge on any atom is -0.447 e. The minimum absolute atomic E-state index is 0.0406. The summed E-state index contributed by atoms with van der Waals surface area (Å²) in [6, 6.07) is 15.9. The third kappa shape index (κ3) is 4.02. The molecule has 0 spiro atoms. The van der Waals surface area contributed by atoms with E-state index in [1.54, 1.807) is 4.90 Å². The number of thioether (sulfide) groups is 1. The van der Waals surface area contributed by atoms with E-state index < -0.39 is 6.23 Å². The second-order valence-electron chi connectivity index (χ2n) is 7.32. The Labute approximate surface area is 192 Å². The van der Waals surface area contributed by atoms with Crippen LogP contribution in [0.1, 0.15) is 39.0 Å². The summed E-state index contributed by atoms with van der Waals surface area (Å²) in [5.74, 6) is 0.335. The SMILES string of the molecule is CCC(=O)N1c2ccccc2-c2nnc(SC)nc2O[C@H]1c1ccc(N(CC)CC)cc1. The van der Waals surface area contributed by atoms with Crippen LogP contribution in [0.4, 0.5) is 11.4 Å². The number of amides is 1. The predicted molar refractivity (Wildman–Crippen MR) is 128 cm³/mol. The van der Waals surface area contributed by atoms with Gasteiger partial charge in [-0.3, -0.25) is 9.69 Å². The lowest BCUT2D eigenvalue weighted by Crippen LogP contribution is -2.37. The van der Waals surface area contributed by atoms with Gasteiger partial charge < -0.3 is 9.64 Å². The maximum absolute atomic E-state index is 13.2. The van der Waals surface area contributed by atoms with Crippen LogP contribution in [-0.4, -0.2) is 40.4 Å². The van der Waals surface area contributed by atoms with Gasteiger partial charge in [0.1, 0.15) is 0 Å². The molecule has 0 bridgehead atoms. The number of carbonyl (C=O) groups is 1. The zero-order valence-electron chi connectivity index (χ0n) is 18.8. The van der Waals surface area contributed by atoms with Crippen LogP contribution in [-0.2, 0) is 4.79 Å². The Hall–Kier alpha value is -3.13. The Kier molecular flexibility index (Phi) is 6.60. The van der Waals surface area contributed by atoms with E-state index in [0.717, 1.165) is 35.6 Å². The highest BCUT2D eigenvalue weighted by Gasteiger charge is 2.35. The van der Waals surface area contributed by atoms with Gasteiger partial charge in [-0.2, -0.15) is 4.98 Å². The van der Waals surface area contributed by atoms with E-state index in [2.05, 4.69) is 46.1 Å². The number of hydrogen-bond acceptors (Lipinski definition) is 7. The summed E-state index contributed by atoms with van der Waals surface area (Å²) in [5, 5.41) is 9.12. The van der Waals surface area contributed by atoms with Gasteiger partial charge in [-0.1, -0.05) is 49.0 Å². The molecular formula is C24H27N5O2S. The van der Waals surface area contributed by atoms with Crippen LogP contribution in [0.5, 0.6) is 5.88 Å². The zero-order chi connectivity index (χ0) is 22.7. The molecule has 0 radical (unpaired) electrons. The van der Waals surface area contributed by atoms with Crippen molar-refractivity contribution in [3.63, 3.8) is 0 Å². The van der Waals surface area contributed by atoms with Crippen LogP contribution >= 0.6 is 11.8 Å². The highest BCUT2D eigenvalue weighted by Crippen LogP contribution is 2.43. The number of nitrogens with zero attached hydrogens (tertiary/aromatic N) is 5. The van der Waals surface area contributed by atoms with E-state index in [1.165, 1.54) is 11.8 Å². The van der Waals surface area contributed by atoms with E-state index in [0.29, 0.717) is 23.2 Å². The minimum atomic E-state index is -0.665. The standard InChI is InChI=1S/C24H27N5O2S/c1-5-20(30)29-19-11-9-8-10-18(19)21-22(25-24(32-4)27-26-21)31-23(29)16-12-14-17(15-13-16)28(6-2)7-3/h8-15,23H,5-7H2,1-4H3/t23-/m0/s1. The number of anilines is 2. The van der Waals surface area contributed by atoms with E-state index in [-0.39, 0.29) is 5.91 Å². The molecule has 8 heteroatoms. The lowest BCUT2D eigenvalue weighted by Gasteiger charge is -2.31. The summed E-state index contributed by atoms with van der Waals surface area (Å²) in [7, 11) is 0. The van der Waals surface area contributed by atoms with Crippen LogP contribution in [0.2, 0.25) is 0 Å². The molecule has 1 aromatic heterocycles. The highest BCUT2D eigenvalue weighted by atomic mass is 32.2. The summed E-state index contributed by atoms with van der Waals surface area (Å²) in [6.45, 7) is 7.98. The predicted octanol–water partition coefficient (Wildman–Crippen LogP) is 4.94. The molecule has 1 aliphatic heterocycles. The summed E-state index contributed by atoms with van der Waals surface area (Å²) in [5.41, 5.74) is 4.06.